The highest BCUT2D eigenvalue weighted by Gasteiger charge is 2.35. The number of aliphatic hydroxyl groups is 3. The number of hydrogen-bond donors (Lipinski definition) is 4. The molecule has 0 saturated carbocycles. The molecule has 0 spiro atoms. The van der Waals surface area contributed by atoms with Crippen LogP contribution in [0.5, 0.6) is 0 Å². The zero-order valence-electron chi connectivity index (χ0n) is 10.5. The fourth-order valence-corrected chi connectivity index (χ4v) is 2.26. The third-order valence-corrected chi connectivity index (χ3v) is 3.50. The summed E-state index contributed by atoms with van der Waals surface area (Å²) in [4.78, 5) is 15.4. The molecule has 4 atom stereocenters. The lowest BCUT2D eigenvalue weighted by Gasteiger charge is -2.17. The van der Waals surface area contributed by atoms with Crippen molar-refractivity contribution in [2.45, 2.75) is 31.0 Å². The molecular formula is C11H16ClN3O5. The number of nitrogens with two attached hydrogens (primary N) is 1. The first kappa shape index (κ1) is 15.2. The highest BCUT2D eigenvalue weighted by molar-refractivity contribution is 6.18. The van der Waals surface area contributed by atoms with Crippen LogP contribution in [0.3, 0.4) is 0 Å². The van der Waals surface area contributed by atoms with Crippen LogP contribution in [0.1, 0.15) is 24.3 Å². The van der Waals surface area contributed by atoms with Crippen LogP contribution >= 0.6 is 11.6 Å². The third kappa shape index (κ3) is 2.79. The van der Waals surface area contributed by atoms with E-state index in [4.69, 9.17) is 27.2 Å². The van der Waals surface area contributed by atoms with Crippen LogP contribution in [-0.4, -0.2) is 49.6 Å². The average molecular weight is 306 g/mol. The number of halogens is 1. The molecule has 1 fully saturated rings. The van der Waals surface area contributed by atoms with Gasteiger partial charge in [-0.15, -0.1) is 11.6 Å². The van der Waals surface area contributed by atoms with Gasteiger partial charge in [-0.1, -0.05) is 0 Å². The molecule has 1 aromatic heterocycles. The molecule has 1 aromatic rings. The molecule has 0 aliphatic carbocycles. The molecule has 5 N–H and O–H groups in total. The lowest BCUT2D eigenvalue weighted by molar-refractivity contribution is -0.0460. The Labute approximate surface area is 119 Å². The minimum atomic E-state index is -1.06. The van der Waals surface area contributed by atoms with Crippen molar-refractivity contribution in [3.63, 3.8) is 0 Å². The van der Waals surface area contributed by atoms with E-state index in [1.165, 1.54) is 6.20 Å². The van der Waals surface area contributed by atoms with E-state index in [1.54, 1.807) is 0 Å². The lowest BCUT2D eigenvalue weighted by Crippen LogP contribution is -2.29. The van der Waals surface area contributed by atoms with Crippen molar-refractivity contribution in [1.29, 1.82) is 0 Å². The predicted molar refractivity (Wildman–Crippen MR) is 70.2 cm³/mol. The van der Waals surface area contributed by atoms with E-state index >= 15 is 0 Å². The van der Waals surface area contributed by atoms with E-state index in [0.717, 1.165) is 4.57 Å². The summed E-state index contributed by atoms with van der Waals surface area (Å²) in [6, 6.07) is 0. The summed E-state index contributed by atoms with van der Waals surface area (Å²) in [7, 11) is 0. The van der Waals surface area contributed by atoms with Gasteiger partial charge in [0.1, 0.15) is 18.1 Å². The number of rotatable bonds is 4. The maximum Gasteiger partial charge on any atom is 0.351 e. The molecule has 2 rings (SSSR count). The topological polar surface area (TPSA) is 131 Å². The lowest BCUT2D eigenvalue weighted by atomic mass is 10.2. The number of aliphatic hydroxyl groups excluding tert-OH is 3. The van der Waals surface area contributed by atoms with Crippen molar-refractivity contribution in [3.8, 4) is 0 Å². The Hall–Kier alpha value is -1.19. The Kier molecular flexibility index (Phi) is 4.61. The van der Waals surface area contributed by atoms with Gasteiger partial charge in [0.15, 0.2) is 0 Å². The van der Waals surface area contributed by atoms with E-state index in [1.807, 2.05) is 0 Å². The van der Waals surface area contributed by atoms with Crippen LogP contribution in [0.15, 0.2) is 11.0 Å². The van der Waals surface area contributed by atoms with Gasteiger partial charge >= 0.3 is 5.69 Å². The zero-order valence-corrected chi connectivity index (χ0v) is 11.3. The van der Waals surface area contributed by atoms with E-state index in [2.05, 4.69) is 4.98 Å². The third-order valence-electron chi connectivity index (χ3n) is 3.21. The number of anilines is 1. The van der Waals surface area contributed by atoms with Crippen molar-refractivity contribution in [2.24, 2.45) is 0 Å². The van der Waals surface area contributed by atoms with Crippen LogP contribution < -0.4 is 11.4 Å². The molecule has 0 aromatic carbocycles. The minimum absolute atomic E-state index is 0.0997. The molecule has 8 nitrogen and oxygen atoms in total. The molecule has 0 bridgehead atoms. The van der Waals surface area contributed by atoms with Gasteiger partial charge < -0.3 is 25.8 Å². The van der Waals surface area contributed by atoms with Gasteiger partial charge in [0.05, 0.1) is 24.7 Å². The standard InChI is InChI=1S/C11H16ClN3O5/c12-2-7(18)5-3-15(11(19)14-10(5)13)9-1-6(17)8(4-16)20-9/h3,6-9,16-18H,1-2,4H2,(H2,13,14,19)/t6?,7-,8-,9-/m1/s1. The van der Waals surface area contributed by atoms with Crippen molar-refractivity contribution in [3.05, 3.63) is 22.2 Å². The average Bonchev–Trinajstić information content (AvgIpc) is 2.79. The number of hydrogen-bond acceptors (Lipinski definition) is 7. The van der Waals surface area contributed by atoms with Gasteiger partial charge in [0.25, 0.3) is 0 Å². The fraction of sp³-hybridized carbons (Fsp3) is 0.636. The molecular weight excluding hydrogens is 290 g/mol. The van der Waals surface area contributed by atoms with Crippen molar-refractivity contribution >= 4 is 17.4 Å². The first-order valence-electron chi connectivity index (χ1n) is 6.04. The van der Waals surface area contributed by atoms with Crippen LogP contribution in [0, 0.1) is 0 Å². The second-order valence-corrected chi connectivity index (χ2v) is 4.86. The fourth-order valence-electron chi connectivity index (χ4n) is 2.09. The molecule has 112 valence electrons. The monoisotopic (exact) mass is 305 g/mol. The van der Waals surface area contributed by atoms with Crippen LogP contribution in [-0.2, 0) is 4.74 Å². The first-order chi connectivity index (χ1) is 9.47. The SMILES string of the molecule is Nc1nc(=O)n([C@H]2CC(O)[C@@H](CO)O2)cc1[C@H](O)CCl. The molecule has 20 heavy (non-hydrogen) atoms. The molecule has 1 saturated heterocycles. The summed E-state index contributed by atoms with van der Waals surface area (Å²) in [5.41, 5.74) is 5.12. The zero-order chi connectivity index (χ0) is 14.9. The predicted octanol–water partition coefficient (Wildman–Crippen LogP) is -1.26. The second-order valence-electron chi connectivity index (χ2n) is 4.56. The van der Waals surface area contributed by atoms with E-state index in [0.29, 0.717) is 0 Å². The number of alkyl halides is 1. The maximum atomic E-state index is 11.8. The molecule has 1 aliphatic heterocycles. The number of aromatic nitrogens is 2. The van der Waals surface area contributed by atoms with Gasteiger partial charge in [0.2, 0.25) is 0 Å². The normalized spacial score (nSPS) is 27.7. The van der Waals surface area contributed by atoms with Crippen LogP contribution in [0.25, 0.3) is 0 Å². The first-order valence-corrected chi connectivity index (χ1v) is 6.58. The Bertz CT molecular complexity index is 537. The maximum absolute atomic E-state index is 11.8. The van der Waals surface area contributed by atoms with Crippen molar-refractivity contribution in [2.75, 3.05) is 18.2 Å². The van der Waals surface area contributed by atoms with Crippen molar-refractivity contribution in [1.82, 2.24) is 9.55 Å². The summed E-state index contributed by atoms with van der Waals surface area (Å²) in [5, 5.41) is 28.4. The molecule has 1 unspecified atom stereocenters. The van der Waals surface area contributed by atoms with Crippen LogP contribution in [0.2, 0.25) is 0 Å². The van der Waals surface area contributed by atoms with Crippen LogP contribution in [0.4, 0.5) is 5.82 Å². The summed E-state index contributed by atoms with van der Waals surface area (Å²) in [6.07, 6.45) is -2.02. The smallest absolute Gasteiger partial charge is 0.351 e. The highest BCUT2D eigenvalue weighted by Crippen LogP contribution is 2.28. The van der Waals surface area contributed by atoms with Gasteiger partial charge in [0, 0.05) is 18.2 Å². The largest absolute Gasteiger partial charge is 0.394 e. The van der Waals surface area contributed by atoms with Crippen molar-refractivity contribution < 1.29 is 20.1 Å². The molecule has 2 heterocycles. The minimum Gasteiger partial charge on any atom is -0.394 e. The quantitative estimate of drug-likeness (QED) is 0.510. The summed E-state index contributed by atoms with van der Waals surface area (Å²) >= 11 is 5.55. The van der Waals surface area contributed by atoms with E-state index in [9.17, 15) is 15.0 Å². The summed E-state index contributed by atoms with van der Waals surface area (Å²) in [6.45, 7) is -0.355. The summed E-state index contributed by atoms with van der Waals surface area (Å²) in [5.74, 6) is -0.200. The van der Waals surface area contributed by atoms with E-state index < -0.39 is 30.2 Å². The molecule has 9 heteroatoms. The number of nitrogen functional groups attached to an aromatic ring is 1. The molecule has 0 amide bonds. The van der Waals surface area contributed by atoms with Gasteiger partial charge in [-0.3, -0.25) is 4.57 Å². The second kappa shape index (κ2) is 6.06. The van der Waals surface area contributed by atoms with E-state index in [-0.39, 0.29) is 30.3 Å². The Balaban J connectivity index is 2.35. The number of ether oxygens (including phenoxy) is 1. The summed E-state index contributed by atoms with van der Waals surface area (Å²) < 4.78 is 6.49. The van der Waals surface area contributed by atoms with Gasteiger partial charge in [-0.25, -0.2) is 4.79 Å². The molecule has 0 radical (unpaired) electrons. The van der Waals surface area contributed by atoms with Gasteiger partial charge in [-0.2, -0.15) is 4.98 Å². The number of nitrogens with zero attached hydrogens (tertiary/aromatic N) is 2. The molecule has 1 aliphatic rings. The Morgan fingerprint density at radius 1 is 1.65 bits per heavy atom. The van der Waals surface area contributed by atoms with Gasteiger partial charge in [-0.05, 0) is 0 Å². The highest BCUT2D eigenvalue weighted by atomic mass is 35.5. The Morgan fingerprint density at radius 2 is 2.35 bits per heavy atom. The Morgan fingerprint density at radius 3 is 2.90 bits per heavy atom.